The van der Waals surface area contributed by atoms with Gasteiger partial charge in [-0.3, -0.25) is 9.59 Å². The summed E-state index contributed by atoms with van der Waals surface area (Å²) in [5, 5.41) is 25.3. The number of aliphatic carboxylic acids is 1. The molecule has 3 heterocycles. The van der Waals surface area contributed by atoms with Gasteiger partial charge in [0.2, 0.25) is 33.6 Å². The number of amides is 1. The average molecular weight is 1780 g/mol. The van der Waals surface area contributed by atoms with Crippen LogP contribution in [0.3, 0.4) is 0 Å². The van der Waals surface area contributed by atoms with E-state index in [2.05, 4.69) is 48.8 Å². The quantitative estimate of drug-likeness (QED) is 0.0149. The molecule has 3 aromatic rings. The normalized spacial score (nSPS) is 13.4. The molecule has 0 saturated carbocycles. The van der Waals surface area contributed by atoms with Crippen LogP contribution in [0.25, 0.3) is 0 Å². The van der Waals surface area contributed by atoms with E-state index in [9.17, 15) is 81.3 Å². The molecule has 45 nitrogen and oxygen atoms in total. The molecule has 3 aliphatic rings. The van der Waals surface area contributed by atoms with Gasteiger partial charge < -0.3 is 54.4 Å². The molecule has 9 N–H and O–H groups in total. The van der Waals surface area contributed by atoms with E-state index >= 15 is 0 Å². The number of carboxylic acid groups (broad SMARTS) is 1. The molecule has 0 bridgehead atoms. The third-order valence-corrected chi connectivity index (χ3v) is 18.5. The van der Waals surface area contributed by atoms with Gasteiger partial charge in [-0.1, -0.05) is 19.6 Å². The molecular formula is C67H109B4N11O34S4. The number of sulfonamides is 4. The van der Waals surface area contributed by atoms with Crippen LogP contribution in [0.2, 0.25) is 0 Å². The molecule has 6 rings (SSSR count). The number of aliphatic hydroxyl groups is 2. The summed E-state index contributed by atoms with van der Waals surface area (Å²) >= 11 is 0. The van der Waals surface area contributed by atoms with Gasteiger partial charge >= 0.3 is 393 Å². The van der Waals surface area contributed by atoms with Crippen LogP contribution in [-0.4, -0.2) is 327 Å². The fourth-order valence-corrected chi connectivity index (χ4v) is 12.6. The Balaban J connectivity index is -0.00000139. The summed E-state index contributed by atoms with van der Waals surface area (Å²) in [6.45, 7) is 12.0. The zero-order valence-electron chi connectivity index (χ0n) is 68.3. The number of fused-ring (bicyclic) bond motifs is 3. The second kappa shape index (κ2) is 63.3. The standard InChI is InChI=1S/C16H22N2O8S.C15H19BN2O7S.C14H20N2O6S.C7H13BN2O5S.C6H11BN2O3.C5H10BNO3.C2H6O.CH4O.CH4/c1-4-24-15(19)12(8-17-16(20)23-2)18(27(3,21)22)9-11-5-6-13-14(7-11)26-10-25-13;1-3-23-15(19)12(7-17-9-16-20)18(26(2,21)22)8-11-4-5-13-14(6-11)25-10-24-13;1-3-20-14(17)11(7-15)16(23(2,18)19)8-10-4-5-12-13(6-10)22-9-21-12;1-3-15-7(11)6(4-9-5-8-12)10-16(2,13)14;1-2-12-6(10)5(8)3-9-4-7-11;1-4(5(8)9)3-7-6-10-2;1-2-3;1-2;/h5-7,12H,4,8-10H2,1-3H3,(H,17,20);4-6,9,12H,3,7-8,10H2,1-2H3;4-6,11H,3,7-9,15H2,1-2H3;5-6,10H,3-4H2,1-2H3;4-5H,2-3,8H2,1H3;4H,3H2,1-2H3,(H,8,9);3H,2H2,1H3;2H,1H3;1H4/t2*12-;11-;6-;5-;;;;/m11111..../s1. The Morgan fingerprint density at radius 3 is 1.20 bits per heavy atom. The van der Waals surface area contributed by atoms with Crippen molar-refractivity contribution in [2.75, 3.05) is 146 Å². The summed E-state index contributed by atoms with van der Waals surface area (Å²) in [6.07, 6.45) is 6.09. The first-order valence-electron chi connectivity index (χ1n) is 35.4. The monoisotopic (exact) mass is 1780 g/mol. The summed E-state index contributed by atoms with van der Waals surface area (Å²) in [5.41, 5.74) is 12.8. The van der Waals surface area contributed by atoms with Crippen molar-refractivity contribution in [2.24, 2.45) is 37.3 Å². The first kappa shape index (κ1) is 114. The van der Waals surface area contributed by atoms with Gasteiger partial charge in [-0.2, -0.15) is 8.61 Å². The molecule has 1 amide bonds. The Morgan fingerprint density at radius 1 is 0.525 bits per heavy atom. The van der Waals surface area contributed by atoms with E-state index in [4.69, 9.17) is 69.4 Å². The number of alkyl carbamates (subject to hydrolysis) is 1. The van der Waals surface area contributed by atoms with E-state index in [0.717, 1.165) is 70.5 Å². The van der Waals surface area contributed by atoms with Crippen molar-refractivity contribution in [1.82, 2.24) is 23.0 Å². The molecule has 1 unspecified atom stereocenters. The second-order valence-electron chi connectivity index (χ2n) is 23.2. The topological polar surface area (TPSA) is 623 Å². The number of rotatable bonds is 40. The third kappa shape index (κ3) is 47.3. The van der Waals surface area contributed by atoms with E-state index in [1.165, 1.54) is 14.4 Å². The van der Waals surface area contributed by atoms with Gasteiger partial charge in [-0.15, -0.1) is 0 Å². The number of carbonyl (C=O) groups excluding carboxylic acids is 6. The zero-order chi connectivity index (χ0) is 90.9. The maximum absolute atomic E-state index is 12.4. The number of hydrogen-bond acceptors (Lipinski definition) is 39. The number of carboxylic acids is 1. The minimum absolute atomic E-state index is 0. The van der Waals surface area contributed by atoms with Gasteiger partial charge in [0.15, 0.2) is 23.0 Å². The number of carbonyl (C=O) groups is 7. The van der Waals surface area contributed by atoms with Crippen LogP contribution in [0.15, 0.2) is 74.5 Å². The number of ether oxygens (including phenoxy) is 12. The van der Waals surface area contributed by atoms with Gasteiger partial charge in [0.1, 0.15) is 12.1 Å². The molecule has 3 aliphatic heterocycles. The van der Waals surface area contributed by atoms with Crippen LogP contribution >= 0.6 is 0 Å². The number of aliphatic imine (C=N–C) groups is 3. The van der Waals surface area contributed by atoms with Crippen molar-refractivity contribution < 1.29 is 158 Å². The van der Waals surface area contributed by atoms with Crippen LogP contribution < -0.4 is 49.9 Å². The molecule has 53 heteroatoms. The first-order valence-corrected chi connectivity index (χ1v) is 42.9. The molecule has 0 fully saturated rings. The predicted octanol–water partition coefficient (Wildman–Crippen LogP) is -1.38. The van der Waals surface area contributed by atoms with Gasteiger partial charge in [-0.05, 0) is 56.2 Å². The average Bonchev–Trinajstić information content (AvgIpc) is 1.43. The van der Waals surface area contributed by atoms with Gasteiger partial charge in [0.25, 0.3) is 0 Å². The summed E-state index contributed by atoms with van der Waals surface area (Å²) in [4.78, 5) is 94.9. The maximum atomic E-state index is 12.4. The van der Waals surface area contributed by atoms with E-state index in [1.54, 1.807) is 103 Å². The number of nitrogens with one attached hydrogen (secondary N) is 2. The van der Waals surface area contributed by atoms with E-state index in [0.29, 0.717) is 79.2 Å². The Labute approximate surface area is 701 Å². The second-order valence-corrected chi connectivity index (χ2v) is 30.8. The van der Waals surface area contributed by atoms with Crippen LogP contribution in [-0.2, 0) is 136 Å². The Hall–Kier alpha value is -9.70. The Kier molecular flexibility index (Phi) is 60.4. The van der Waals surface area contributed by atoms with Crippen molar-refractivity contribution in [1.29, 1.82) is 0 Å². The van der Waals surface area contributed by atoms with E-state index < -0.39 is 118 Å². The number of hydrogen-bond donors (Lipinski definition) is 7. The summed E-state index contributed by atoms with van der Waals surface area (Å²) in [6, 6.07) is 9.65. The molecule has 0 spiro atoms. The molecule has 0 radical (unpaired) electrons. The van der Waals surface area contributed by atoms with Crippen molar-refractivity contribution in [2.45, 2.75) is 106 Å². The number of nitrogens with zero attached hydrogens (tertiary/aromatic N) is 7. The van der Waals surface area contributed by atoms with Crippen molar-refractivity contribution in [3.05, 3.63) is 71.3 Å². The van der Waals surface area contributed by atoms with Gasteiger partial charge in [-0.25, -0.2) is 21.6 Å². The zero-order valence-corrected chi connectivity index (χ0v) is 71.6. The summed E-state index contributed by atoms with van der Waals surface area (Å²) in [5.74, 6) is -1.43. The van der Waals surface area contributed by atoms with Gasteiger partial charge in [0.05, 0.1) is 32.8 Å². The van der Waals surface area contributed by atoms with Crippen LogP contribution in [0.1, 0.15) is 72.6 Å². The SMILES string of the molecule is C.CCO.CCOC(=O)[C@@H](CN)N(Cc1ccc2c(c1)OCO2)S(C)(=O)=O.CCOC(=O)[C@@H](CN=CB=O)N(Cc1ccc2c(c1)OCO2)S(C)(=O)=O.CCOC(=O)[C@@H](CN=CB=O)NS(C)(=O)=O.CCOC(=O)[C@@H](CNC(=O)OC)N(Cc1ccc2c(c1)OCO2)S(C)(=O)=O.CCOC(=O)[C@H](N)CN=CB=O.CO.COB=NCC(C)C(=O)O. The van der Waals surface area contributed by atoms with Crippen molar-refractivity contribution in [3.63, 3.8) is 0 Å². The first-order chi connectivity index (χ1) is 56.2. The number of esters is 5. The summed E-state index contributed by atoms with van der Waals surface area (Å²) < 4.78 is 195. The van der Waals surface area contributed by atoms with Crippen LogP contribution in [0.4, 0.5) is 4.79 Å². The van der Waals surface area contributed by atoms with E-state index in [-0.39, 0.29) is 120 Å². The number of benzene rings is 3. The van der Waals surface area contributed by atoms with E-state index in [1.807, 2.05) is 0 Å². The molecule has 0 saturated heterocycles. The fourth-order valence-electron chi connectivity index (χ4n) is 8.89. The number of nitrogens with two attached hydrogens (primary N) is 2. The third-order valence-electron chi connectivity index (χ3n) is 14.0. The molecule has 6 atom stereocenters. The fraction of sp³-hybridized carbons (Fsp3) is 0.582. The summed E-state index contributed by atoms with van der Waals surface area (Å²) in [7, 11) is -8.54. The van der Waals surface area contributed by atoms with Crippen LogP contribution in [0, 0.1) is 5.92 Å². The molecule has 0 aliphatic carbocycles. The number of aliphatic hydroxyl groups excluding tert-OH is 2. The molecule has 672 valence electrons. The number of methoxy groups -OCH3 is 1. The Morgan fingerprint density at radius 2 is 0.858 bits per heavy atom. The van der Waals surface area contributed by atoms with Gasteiger partial charge in [0, 0.05) is 39.9 Å². The Bertz CT molecular complexity index is 4260. The molecule has 3 aromatic carbocycles. The molecule has 0 aromatic heterocycles. The van der Waals surface area contributed by atoms with Crippen molar-refractivity contribution in [3.8, 4) is 34.5 Å². The van der Waals surface area contributed by atoms with Crippen LogP contribution in [0.5, 0.6) is 34.5 Å². The molecular weight excluding hydrogens is 1670 g/mol. The minimum atomic E-state index is -3.83. The predicted molar refractivity (Wildman–Crippen MR) is 436 cm³/mol. The van der Waals surface area contributed by atoms with Crippen molar-refractivity contribution >= 4 is 129 Å². The molecule has 120 heavy (non-hydrogen) atoms.